The number of pyridine rings is 1. The molecule has 1 aromatic carbocycles. The Balaban J connectivity index is 1.71. The zero-order valence-corrected chi connectivity index (χ0v) is 14.4. The second-order valence-electron chi connectivity index (χ2n) is 6.60. The van der Waals surface area contributed by atoms with E-state index in [0.717, 1.165) is 5.56 Å². The van der Waals surface area contributed by atoms with E-state index < -0.39 is 0 Å². The predicted molar refractivity (Wildman–Crippen MR) is 95.5 cm³/mol. The largest absolute Gasteiger partial charge is 0.331 e. The van der Waals surface area contributed by atoms with Crippen LogP contribution in [0.15, 0.2) is 54.9 Å². The summed E-state index contributed by atoms with van der Waals surface area (Å²) in [4.78, 5) is 18.7. The van der Waals surface area contributed by atoms with E-state index in [1.807, 2.05) is 50.5 Å². The van der Waals surface area contributed by atoms with Gasteiger partial charge in [0.1, 0.15) is 0 Å². The van der Waals surface area contributed by atoms with Gasteiger partial charge in [0.05, 0.1) is 12.1 Å². The summed E-state index contributed by atoms with van der Waals surface area (Å²) in [5.41, 5.74) is 2.23. The maximum atomic E-state index is 12.8. The zero-order chi connectivity index (χ0) is 16.9. The number of rotatable bonds is 5. The summed E-state index contributed by atoms with van der Waals surface area (Å²) in [5.74, 6) is 0.540. The molecule has 1 fully saturated rings. The monoisotopic (exact) mass is 323 g/mol. The number of amides is 2. The number of carbonyl (C=O) groups is 1. The maximum absolute atomic E-state index is 12.8. The summed E-state index contributed by atoms with van der Waals surface area (Å²) in [6.45, 7) is 2.03. The van der Waals surface area contributed by atoms with E-state index in [4.69, 9.17) is 0 Å². The number of nitrogens with zero attached hydrogens (tertiary/aromatic N) is 2. The van der Waals surface area contributed by atoms with Crippen molar-refractivity contribution >= 4 is 6.03 Å². The van der Waals surface area contributed by atoms with Crippen LogP contribution in [0.3, 0.4) is 0 Å². The van der Waals surface area contributed by atoms with Gasteiger partial charge in [0.15, 0.2) is 0 Å². The Kier molecular flexibility index (Phi) is 5.14. The highest BCUT2D eigenvalue weighted by Crippen LogP contribution is 2.37. The van der Waals surface area contributed by atoms with E-state index in [1.54, 1.807) is 11.1 Å². The molecule has 4 heteroatoms. The van der Waals surface area contributed by atoms with Crippen molar-refractivity contribution in [3.8, 4) is 0 Å². The molecule has 1 saturated carbocycles. The molecule has 1 heterocycles. The molecule has 1 aromatic heterocycles. The van der Waals surface area contributed by atoms with Crippen LogP contribution in [-0.2, 0) is 0 Å². The SMILES string of the molecule is C[C@H](c1cccnc1)N(C)C(=O)N[C@H](c1ccccc1)C1CCC1. The number of hydrogen-bond acceptors (Lipinski definition) is 2. The van der Waals surface area contributed by atoms with Crippen LogP contribution in [0.1, 0.15) is 49.4 Å². The average molecular weight is 323 g/mol. The third-order valence-corrected chi connectivity index (χ3v) is 5.13. The van der Waals surface area contributed by atoms with Crippen molar-refractivity contribution < 1.29 is 4.79 Å². The second kappa shape index (κ2) is 7.47. The van der Waals surface area contributed by atoms with Gasteiger partial charge in [-0.05, 0) is 42.9 Å². The van der Waals surface area contributed by atoms with Gasteiger partial charge in [-0.2, -0.15) is 0 Å². The Morgan fingerprint density at radius 1 is 1.17 bits per heavy atom. The Bertz CT molecular complexity index is 655. The second-order valence-corrected chi connectivity index (χ2v) is 6.60. The lowest BCUT2D eigenvalue weighted by Crippen LogP contribution is -2.43. The van der Waals surface area contributed by atoms with E-state index in [0.29, 0.717) is 5.92 Å². The normalized spacial score (nSPS) is 16.8. The molecule has 0 radical (unpaired) electrons. The third-order valence-electron chi connectivity index (χ3n) is 5.13. The molecule has 3 rings (SSSR count). The summed E-state index contributed by atoms with van der Waals surface area (Å²) >= 11 is 0. The minimum absolute atomic E-state index is 0.0171. The van der Waals surface area contributed by atoms with Gasteiger partial charge in [0, 0.05) is 19.4 Å². The molecule has 1 N–H and O–H groups in total. The molecule has 0 unspecified atom stereocenters. The van der Waals surface area contributed by atoms with Gasteiger partial charge in [-0.15, -0.1) is 0 Å². The minimum atomic E-state index is -0.0351. The molecule has 2 aromatic rings. The van der Waals surface area contributed by atoms with E-state index >= 15 is 0 Å². The van der Waals surface area contributed by atoms with Crippen molar-refractivity contribution in [3.05, 3.63) is 66.0 Å². The molecule has 0 saturated heterocycles. The van der Waals surface area contributed by atoms with Crippen LogP contribution in [0.4, 0.5) is 4.79 Å². The number of carbonyl (C=O) groups excluding carboxylic acids is 1. The van der Waals surface area contributed by atoms with Gasteiger partial charge in [0.2, 0.25) is 0 Å². The highest BCUT2D eigenvalue weighted by Gasteiger charge is 2.31. The van der Waals surface area contributed by atoms with Crippen LogP contribution in [-0.4, -0.2) is 23.0 Å². The fourth-order valence-corrected chi connectivity index (χ4v) is 3.16. The van der Waals surface area contributed by atoms with Gasteiger partial charge in [-0.1, -0.05) is 42.8 Å². The Labute approximate surface area is 143 Å². The number of aromatic nitrogens is 1. The minimum Gasteiger partial charge on any atom is -0.331 e. The van der Waals surface area contributed by atoms with E-state index in [-0.39, 0.29) is 18.1 Å². The first-order valence-electron chi connectivity index (χ1n) is 8.65. The lowest BCUT2D eigenvalue weighted by molar-refractivity contribution is 0.172. The molecule has 126 valence electrons. The Hall–Kier alpha value is -2.36. The lowest BCUT2D eigenvalue weighted by atomic mass is 9.77. The molecular formula is C20H25N3O. The van der Waals surface area contributed by atoms with E-state index in [1.165, 1.54) is 24.8 Å². The summed E-state index contributed by atoms with van der Waals surface area (Å²) < 4.78 is 0. The van der Waals surface area contributed by atoms with Crippen LogP contribution in [0, 0.1) is 5.92 Å². The van der Waals surface area contributed by atoms with Crippen molar-refractivity contribution in [2.24, 2.45) is 5.92 Å². The van der Waals surface area contributed by atoms with E-state index in [2.05, 4.69) is 22.4 Å². The van der Waals surface area contributed by atoms with Gasteiger partial charge in [0.25, 0.3) is 0 Å². The highest BCUT2D eigenvalue weighted by molar-refractivity contribution is 5.75. The number of urea groups is 1. The topological polar surface area (TPSA) is 45.2 Å². The molecule has 4 nitrogen and oxygen atoms in total. The quantitative estimate of drug-likeness (QED) is 0.890. The van der Waals surface area contributed by atoms with E-state index in [9.17, 15) is 4.79 Å². The molecule has 24 heavy (non-hydrogen) atoms. The summed E-state index contributed by atoms with van der Waals surface area (Å²) in [5, 5.41) is 3.25. The molecule has 2 amide bonds. The fraction of sp³-hybridized carbons (Fsp3) is 0.400. The highest BCUT2D eigenvalue weighted by atomic mass is 16.2. The zero-order valence-electron chi connectivity index (χ0n) is 14.4. The molecule has 0 bridgehead atoms. The number of benzene rings is 1. The van der Waals surface area contributed by atoms with Crippen LogP contribution < -0.4 is 5.32 Å². The van der Waals surface area contributed by atoms with Crippen LogP contribution in [0.5, 0.6) is 0 Å². The molecule has 0 spiro atoms. The lowest BCUT2D eigenvalue weighted by Gasteiger charge is -2.36. The first-order chi connectivity index (χ1) is 11.7. The smallest absolute Gasteiger partial charge is 0.318 e. The number of hydrogen-bond donors (Lipinski definition) is 1. The predicted octanol–water partition coefficient (Wildman–Crippen LogP) is 4.33. The Morgan fingerprint density at radius 3 is 2.46 bits per heavy atom. The summed E-state index contributed by atoms with van der Waals surface area (Å²) in [6.07, 6.45) is 7.18. The van der Waals surface area contributed by atoms with Crippen molar-refractivity contribution in [3.63, 3.8) is 0 Å². The standard InChI is InChI=1S/C20H25N3O/c1-15(18-12-7-13-21-14-18)23(2)20(24)22-19(17-10-6-11-17)16-8-4-3-5-9-16/h3-5,7-9,12-15,17,19H,6,10-11H2,1-2H3,(H,22,24)/t15-,19-/m1/s1. The third kappa shape index (κ3) is 3.58. The van der Waals surface area contributed by atoms with Crippen molar-refractivity contribution in [1.82, 2.24) is 15.2 Å². The van der Waals surface area contributed by atoms with Crippen LogP contribution in [0.25, 0.3) is 0 Å². The van der Waals surface area contributed by atoms with Crippen LogP contribution >= 0.6 is 0 Å². The van der Waals surface area contributed by atoms with Crippen molar-refractivity contribution in [2.45, 2.75) is 38.3 Å². The Morgan fingerprint density at radius 2 is 1.88 bits per heavy atom. The van der Waals surface area contributed by atoms with Gasteiger partial charge >= 0.3 is 6.03 Å². The molecule has 1 aliphatic carbocycles. The van der Waals surface area contributed by atoms with Crippen molar-refractivity contribution in [2.75, 3.05) is 7.05 Å². The van der Waals surface area contributed by atoms with Crippen molar-refractivity contribution in [1.29, 1.82) is 0 Å². The summed E-state index contributed by atoms with van der Waals surface area (Å²) in [7, 11) is 1.84. The van der Waals surface area contributed by atoms with Gasteiger partial charge in [-0.25, -0.2) is 4.79 Å². The van der Waals surface area contributed by atoms with Gasteiger partial charge < -0.3 is 10.2 Å². The average Bonchev–Trinajstić information content (AvgIpc) is 2.59. The summed E-state index contributed by atoms with van der Waals surface area (Å²) in [6, 6.07) is 14.2. The first kappa shape index (κ1) is 16.5. The molecule has 1 aliphatic rings. The van der Waals surface area contributed by atoms with Crippen LogP contribution in [0.2, 0.25) is 0 Å². The first-order valence-corrected chi connectivity index (χ1v) is 8.65. The molecule has 2 atom stereocenters. The molecular weight excluding hydrogens is 298 g/mol. The van der Waals surface area contributed by atoms with Gasteiger partial charge in [-0.3, -0.25) is 4.98 Å². The number of nitrogens with one attached hydrogen (secondary N) is 1. The maximum Gasteiger partial charge on any atom is 0.318 e. The molecule has 0 aliphatic heterocycles. The fourth-order valence-electron chi connectivity index (χ4n) is 3.16.